The third-order valence-corrected chi connectivity index (χ3v) is 6.15. The molecule has 2 aromatic carbocycles. The lowest BCUT2D eigenvalue weighted by Crippen LogP contribution is -2.28. The number of para-hydroxylation sites is 2. The van der Waals surface area contributed by atoms with Crippen LogP contribution >= 0.6 is 11.3 Å². The molecule has 0 bridgehead atoms. The zero-order valence-electron chi connectivity index (χ0n) is 16.1. The number of hydrogen-bond acceptors (Lipinski definition) is 5. The maximum absolute atomic E-state index is 14.2. The Hall–Kier alpha value is -3.06. The molecule has 2 heterocycles. The number of carbonyl (C=O) groups is 1. The number of benzene rings is 2. The number of anilines is 2. The minimum Gasteiger partial charge on any atom is -0.336 e. The van der Waals surface area contributed by atoms with E-state index in [2.05, 4.69) is 24.3 Å². The van der Waals surface area contributed by atoms with Gasteiger partial charge in [0.25, 0.3) is 0 Å². The van der Waals surface area contributed by atoms with Crippen LogP contribution < -0.4 is 5.32 Å². The van der Waals surface area contributed by atoms with Crippen molar-refractivity contribution in [2.24, 2.45) is 5.41 Å². The molecule has 7 heteroatoms. The Kier molecular flexibility index (Phi) is 4.03. The standard InChI is InChI=1S/C22H19FN4OS/c1-22(2)11-16-19(17(28)12-22)20(24-14-8-4-3-7-13(14)23)26-27(16)21-25-15-9-5-6-10-18(15)29-21/h3-10H,11-12H2,1-2H3,(H,24,26). The zero-order valence-corrected chi connectivity index (χ0v) is 16.9. The lowest BCUT2D eigenvalue weighted by Gasteiger charge is -2.28. The third kappa shape index (κ3) is 3.11. The van der Waals surface area contributed by atoms with E-state index in [0.717, 1.165) is 15.9 Å². The van der Waals surface area contributed by atoms with E-state index >= 15 is 0 Å². The van der Waals surface area contributed by atoms with Crippen LogP contribution in [0.4, 0.5) is 15.9 Å². The largest absolute Gasteiger partial charge is 0.336 e. The number of Topliss-reactive ketones (excluding diaryl/α,β-unsaturated/α-hetero) is 1. The van der Waals surface area contributed by atoms with E-state index in [1.165, 1.54) is 17.4 Å². The molecule has 1 aliphatic rings. The Morgan fingerprint density at radius 1 is 1.10 bits per heavy atom. The van der Waals surface area contributed by atoms with Gasteiger partial charge in [-0.05, 0) is 36.1 Å². The van der Waals surface area contributed by atoms with Gasteiger partial charge in [0.05, 0.1) is 27.2 Å². The van der Waals surface area contributed by atoms with Crippen LogP contribution in [0.15, 0.2) is 48.5 Å². The summed E-state index contributed by atoms with van der Waals surface area (Å²) in [6.07, 6.45) is 1.12. The number of thiazole rings is 1. The van der Waals surface area contributed by atoms with Crippen LogP contribution in [0.1, 0.15) is 36.3 Å². The monoisotopic (exact) mass is 406 g/mol. The van der Waals surface area contributed by atoms with Gasteiger partial charge in [-0.25, -0.2) is 14.1 Å². The molecule has 0 amide bonds. The van der Waals surface area contributed by atoms with Gasteiger partial charge >= 0.3 is 0 Å². The minimum absolute atomic E-state index is 0.0162. The first-order chi connectivity index (χ1) is 13.9. The number of carbonyl (C=O) groups excluding carboxylic acids is 1. The van der Waals surface area contributed by atoms with Gasteiger partial charge in [-0.15, -0.1) is 5.10 Å². The van der Waals surface area contributed by atoms with Crippen molar-refractivity contribution in [2.75, 3.05) is 5.32 Å². The number of aromatic nitrogens is 3. The Labute approximate surface area is 171 Å². The van der Waals surface area contributed by atoms with Crippen LogP contribution in [0.5, 0.6) is 0 Å². The van der Waals surface area contributed by atoms with Crippen molar-refractivity contribution in [3.8, 4) is 5.13 Å². The molecular weight excluding hydrogens is 387 g/mol. The molecule has 29 heavy (non-hydrogen) atoms. The molecule has 0 radical (unpaired) electrons. The molecule has 5 rings (SSSR count). The van der Waals surface area contributed by atoms with Crippen LogP contribution in [0.3, 0.4) is 0 Å². The number of fused-ring (bicyclic) bond motifs is 2. The number of nitrogens with one attached hydrogen (secondary N) is 1. The van der Waals surface area contributed by atoms with E-state index in [1.54, 1.807) is 22.9 Å². The fourth-order valence-corrected chi connectivity index (χ4v) is 4.78. The summed E-state index contributed by atoms with van der Waals surface area (Å²) in [4.78, 5) is 17.7. The van der Waals surface area contributed by atoms with Gasteiger partial charge in [0.2, 0.25) is 5.13 Å². The summed E-state index contributed by atoms with van der Waals surface area (Å²) >= 11 is 1.52. The maximum Gasteiger partial charge on any atom is 0.211 e. The van der Waals surface area contributed by atoms with Gasteiger partial charge in [0.1, 0.15) is 5.82 Å². The smallest absolute Gasteiger partial charge is 0.211 e. The van der Waals surface area contributed by atoms with Crippen molar-refractivity contribution in [3.63, 3.8) is 0 Å². The number of nitrogens with zero attached hydrogens (tertiary/aromatic N) is 3. The summed E-state index contributed by atoms with van der Waals surface area (Å²) in [5.41, 5.74) is 2.37. The van der Waals surface area contributed by atoms with E-state index < -0.39 is 0 Å². The second-order valence-corrected chi connectivity index (χ2v) is 9.10. The second kappa shape index (κ2) is 6.49. The molecule has 0 saturated heterocycles. The average molecular weight is 406 g/mol. The molecule has 0 spiro atoms. The predicted octanol–water partition coefficient (Wildman–Crippen LogP) is 5.52. The number of ketones is 1. The summed E-state index contributed by atoms with van der Waals surface area (Å²) in [6, 6.07) is 14.3. The van der Waals surface area contributed by atoms with Crippen LogP contribution in [0, 0.1) is 11.2 Å². The van der Waals surface area contributed by atoms with Crippen molar-refractivity contribution in [2.45, 2.75) is 26.7 Å². The third-order valence-electron chi connectivity index (χ3n) is 5.14. The molecule has 0 aliphatic heterocycles. The van der Waals surface area contributed by atoms with Gasteiger partial charge in [-0.2, -0.15) is 0 Å². The number of hydrogen-bond donors (Lipinski definition) is 1. The molecule has 2 aromatic heterocycles. The van der Waals surface area contributed by atoms with Crippen molar-refractivity contribution < 1.29 is 9.18 Å². The minimum atomic E-state index is -0.389. The van der Waals surface area contributed by atoms with Crippen LogP contribution in [-0.2, 0) is 6.42 Å². The maximum atomic E-state index is 14.2. The topological polar surface area (TPSA) is 59.8 Å². The highest BCUT2D eigenvalue weighted by Crippen LogP contribution is 2.40. The van der Waals surface area contributed by atoms with Crippen LogP contribution in [-0.4, -0.2) is 20.5 Å². The molecule has 1 aliphatic carbocycles. The lowest BCUT2D eigenvalue weighted by atomic mass is 9.76. The highest BCUT2D eigenvalue weighted by Gasteiger charge is 2.37. The molecule has 0 atom stereocenters. The molecule has 4 aromatic rings. The SMILES string of the molecule is CC1(C)CC(=O)c2c(Nc3ccccc3F)nn(-c3nc4ccccc4s3)c2C1. The van der Waals surface area contributed by atoms with Gasteiger partial charge in [-0.3, -0.25) is 4.79 Å². The first-order valence-electron chi connectivity index (χ1n) is 9.44. The van der Waals surface area contributed by atoms with E-state index in [1.807, 2.05) is 24.3 Å². The first kappa shape index (κ1) is 18.0. The quantitative estimate of drug-likeness (QED) is 0.487. The first-order valence-corrected chi connectivity index (χ1v) is 10.3. The molecular formula is C22H19FN4OS. The van der Waals surface area contributed by atoms with E-state index in [0.29, 0.717) is 35.0 Å². The summed E-state index contributed by atoms with van der Waals surface area (Å²) in [5.74, 6) is 0.00619. The Morgan fingerprint density at radius 2 is 1.86 bits per heavy atom. The van der Waals surface area contributed by atoms with E-state index in [-0.39, 0.29) is 17.0 Å². The average Bonchev–Trinajstić information content (AvgIpc) is 3.24. The van der Waals surface area contributed by atoms with Gasteiger partial charge < -0.3 is 5.32 Å². The van der Waals surface area contributed by atoms with Gasteiger partial charge in [0, 0.05) is 6.42 Å². The van der Waals surface area contributed by atoms with Crippen molar-refractivity contribution >= 4 is 38.8 Å². The molecule has 0 fully saturated rings. The van der Waals surface area contributed by atoms with Crippen molar-refractivity contribution in [1.82, 2.24) is 14.8 Å². The van der Waals surface area contributed by atoms with Crippen molar-refractivity contribution in [1.29, 1.82) is 0 Å². The Morgan fingerprint density at radius 3 is 2.66 bits per heavy atom. The van der Waals surface area contributed by atoms with Gasteiger partial charge in [-0.1, -0.05) is 49.4 Å². The van der Waals surface area contributed by atoms with Gasteiger partial charge in [0.15, 0.2) is 11.6 Å². The highest BCUT2D eigenvalue weighted by molar-refractivity contribution is 7.20. The number of halogens is 1. The predicted molar refractivity (Wildman–Crippen MR) is 113 cm³/mol. The van der Waals surface area contributed by atoms with Crippen molar-refractivity contribution in [3.05, 3.63) is 65.6 Å². The molecule has 1 N–H and O–H groups in total. The van der Waals surface area contributed by atoms with Crippen LogP contribution in [0.25, 0.3) is 15.3 Å². The number of rotatable bonds is 3. The fraction of sp³-hybridized carbons (Fsp3) is 0.227. The lowest BCUT2D eigenvalue weighted by molar-refractivity contribution is 0.0912. The van der Waals surface area contributed by atoms with E-state index in [9.17, 15) is 9.18 Å². The summed E-state index contributed by atoms with van der Waals surface area (Å²) in [7, 11) is 0. The molecule has 0 saturated carbocycles. The fourth-order valence-electron chi connectivity index (χ4n) is 3.83. The van der Waals surface area contributed by atoms with Crippen LogP contribution in [0.2, 0.25) is 0 Å². The molecule has 0 unspecified atom stereocenters. The zero-order chi connectivity index (χ0) is 20.2. The normalized spacial score (nSPS) is 15.5. The second-order valence-electron chi connectivity index (χ2n) is 8.09. The molecule has 5 nitrogen and oxygen atoms in total. The summed E-state index contributed by atoms with van der Waals surface area (Å²) in [5, 5.41) is 8.41. The molecule has 146 valence electrons. The summed E-state index contributed by atoms with van der Waals surface area (Å²) < 4.78 is 17.0. The highest BCUT2D eigenvalue weighted by atomic mass is 32.1. The summed E-state index contributed by atoms with van der Waals surface area (Å²) in [6.45, 7) is 4.15. The Balaban J connectivity index is 1.69. The van der Waals surface area contributed by atoms with E-state index in [4.69, 9.17) is 4.98 Å². The Bertz CT molecular complexity index is 1220.